The Morgan fingerprint density at radius 3 is 2.62 bits per heavy atom. The van der Waals surface area contributed by atoms with E-state index in [1.807, 2.05) is 0 Å². The summed E-state index contributed by atoms with van der Waals surface area (Å²) in [5.41, 5.74) is 0. The molecule has 1 fully saturated rings. The molecular weight excluding hydrogens is 200 g/mol. The molecule has 2 nitrogen and oxygen atoms in total. The van der Waals surface area contributed by atoms with E-state index in [0.29, 0.717) is 13.0 Å². The van der Waals surface area contributed by atoms with E-state index in [-0.39, 0.29) is 12.5 Å². The Labute approximate surface area is 80.8 Å². The largest absolute Gasteiger partial charge is 0.341 e. The Balaban J connectivity index is 2.45. The average Bonchev–Trinajstić information content (AvgIpc) is 2.50. The van der Waals surface area contributed by atoms with Crippen LogP contribution in [0.3, 0.4) is 0 Å². The SMILES string of the molecule is C[C@@H](Cl)C(=O)N1CC[C@@H](C(F)F)C1. The molecule has 0 aromatic carbocycles. The molecule has 0 aromatic heterocycles. The van der Waals surface area contributed by atoms with Gasteiger partial charge in [-0.05, 0) is 13.3 Å². The predicted octanol–water partition coefficient (Wildman–Crippen LogP) is 1.73. The first kappa shape index (κ1) is 10.7. The van der Waals surface area contributed by atoms with Crippen molar-refractivity contribution in [1.29, 1.82) is 0 Å². The number of alkyl halides is 3. The van der Waals surface area contributed by atoms with Gasteiger partial charge in [-0.15, -0.1) is 11.6 Å². The van der Waals surface area contributed by atoms with E-state index in [9.17, 15) is 13.6 Å². The second-order valence-corrected chi connectivity index (χ2v) is 3.94. The minimum Gasteiger partial charge on any atom is -0.341 e. The smallest absolute Gasteiger partial charge is 0.243 e. The Morgan fingerprint density at radius 2 is 2.23 bits per heavy atom. The molecule has 76 valence electrons. The van der Waals surface area contributed by atoms with E-state index < -0.39 is 17.7 Å². The number of amides is 1. The van der Waals surface area contributed by atoms with E-state index in [4.69, 9.17) is 11.6 Å². The Hall–Kier alpha value is -0.380. The average molecular weight is 212 g/mol. The van der Waals surface area contributed by atoms with E-state index in [0.717, 1.165) is 0 Å². The summed E-state index contributed by atoms with van der Waals surface area (Å²) in [6.07, 6.45) is -1.95. The maximum atomic E-state index is 12.2. The number of likely N-dealkylation sites (tertiary alicyclic amines) is 1. The second-order valence-electron chi connectivity index (χ2n) is 3.28. The van der Waals surface area contributed by atoms with Gasteiger partial charge in [0.1, 0.15) is 5.38 Å². The monoisotopic (exact) mass is 211 g/mol. The molecule has 1 aliphatic heterocycles. The summed E-state index contributed by atoms with van der Waals surface area (Å²) in [6, 6.07) is 0. The zero-order valence-electron chi connectivity index (χ0n) is 7.34. The van der Waals surface area contributed by atoms with E-state index in [1.54, 1.807) is 6.92 Å². The third-order valence-electron chi connectivity index (χ3n) is 2.23. The van der Waals surface area contributed by atoms with Crippen LogP contribution in [0.15, 0.2) is 0 Å². The zero-order chi connectivity index (χ0) is 10.0. The number of nitrogens with zero attached hydrogens (tertiary/aromatic N) is 1. The standard InChI is InChI=1S/C8H12ClF2NO/c1-5(9)8(13)12-3-2-6(4-12)7(10)11/h5-7H,2-4H2,1H3/t5-,6-/m1/s1. The summed E-state index contributed by atoms with van der Waals surface area (Å²) in [6.45, 7) is 2.11. The van der Waals surface area contributed by atoms with Crippen molar-refractivity contribution < 1.29 is 13.6 Å². The Bertz CT molecular complexity index is 199. The van der Waals surface area contributed by atoms with Crippen LogP contribution in [0.1, 0.15) is 13.3 Å². The van der Waals surface area contributed by atoms with Crippen LogP contribution in [0.2, 0.25) is 0 Å². The molecule has 5 heteroatoms. The van der Waals surface area contributed by atoms with E-state index in [2.05, 4.69) is 0 Å². The van der Waals surface area contributed by atoms with Crippen LogP contribution in [-0.2, 0) is 4.79 Å². The van der Waals surface area contributed by atoms with Crippen molar-refractivity contribution in [3.63, 3.8) is 0 Å². The van der Waals surface area contributed by atoms with Crippen molar-refractivity contribution >= 4 is 17.5 Å². The minimum atomic E-state index is -2.33. The molecule has 1 aliphatic rings. The van der Waals surface area contributed by atoms with Crippen LogP contribution in [0.5, 0.6) is 0 Å². The summed E-state index contributed by atoms with van der Waals surface area (Å²) in [5, 5.41) is -0.614. The molecule has 0 unspecified atom stereocenters. The molecule has 0 radical (unpaired) electrons. The summed E-state index contributed by atoms with van der Waals surface area (Å²) in [4.78, 5) is 12.7. The molecule has 1 rings (SSSR count). The van der Waals surface area contributed by atoms with E-state index in [1.165, 1.54) is 4.90 Å². The molecule has 0 N–H and O–H groups in total. The number of carbonyl (C=O) groups excluding carboxylic acids is 1. The predicted molar refractivity (Wildman–Crippen MR) is 46.0 cm³/mol. The van der Waals surface area contributed by atoms with Gasteiger partial charge in [-0.25, -0.2) is 8.78 Å². The number of carbonyl (C=O) groups is 1. The van der Waals surface area contributed by atoms with Gasteiger partial charge in [0, 0.05) is 19.0 Å². The third-order valence-corrected chi connectivity index (χ3v) is 2.42. The lowest BCUT2D eigenvalue weighted by Crippen LogP contribution is -2.34. The fourth-order valence-electron chi connectivity index (χ4n) is 1.44. The highest BCUT2D eigenvalue weighted by molar-refractivity contribution is 6.30. The van der Waals surface area contributed by atoms with Crippen LogP contribution >= 0.6 is 11.6 Å². The molecule has 1 heterocycles. The topological polar surface area (TPSA) is 20.3 Å². The minimum absolute atomic E-state index is 0.146. The molecular formula is C8H12ClF2NO. The lowest BCUT2D eigenvalue weighted by atomic mass is 10.1. The fourth-order valence-corrected chi connectivity index (χ4v) is 1.58. The van der Waals surface area contributed by atoms with Crippen molar-refractivity contribution in [2.45, 2.75) is 25.1 Å². The Morgan fingerprint density at radius 1 is 1.62 bits per heavy atom. The number of hydrogen-bond donors (Lipinski definition) is 0. The highest BCUT2D eigenvalue weighted by Gasteiger charge is 2.32. The number of halogens is 3. The molecule has 0 aliphatic carbocycles. The highest BCUT2D eigenvalue weighted by Crippen LogP contribution is 2.23. The van der Waals surface area contributed by atoms with Gasteiger partial charge in [0.2, 0.25) is 12.3 Å². The van der Waals surface area contributed by atoms with Gasteiger partial charge in [-0.2, -0.15) is 0 Å². The summed E-state index contributed by atoms with van der Waals surface area (Å²) >= 11 is 5.56. The van der Waals surface area contributed by atoms with Gasteiger partial charge < -0.3 is 4.90 Å². The summed E-state index contributed by atoms with van der Waals surface area (Å²) in [5.74, 6) is -0.913. The van der Waals surface area contributed by atoms with E-state index >= 15 is 0 Å². The first-order chi connectivity index (χ1) is 6.02. The van der Waals surface area contributed by atoms with Crippen LogP contribution in [0.25, 0.3) is 0 Å². The van der Waals surface area contributed by atoms with Gasteiger partial charge in [0.15, 0.2) is 0 Å². The summed E-state index contributed by atoms with van der Waals surface area (Å²) in [7, 11) is 0. The molecule has 0 saturated carbocycles. The van der Waals surface area contributed by atoms with Crippen LogP contribution < -0.4 is 0 Å². The summed E-state index contributed by atoms with van der Waals surface area (Å²) < 4.78 is 24.4. The van der Waals surface area contributed by atoms with Crippen molar-refractivity contribution in [2.75, 3.05) is 13.1 Å². The number of hydrogen-bond acceptors (Lipinski definition) is 1. The highest BCUT2D eigenvalue weighted by atomic mass is 35.5. The van der Waals surface area contributed by atoms with Gasteiger partial charge in [0.05, 0.1) is 0 Å². The third kappa shape index (κ3) is 2.53. The molecule has 1 saturated heterocycles. The van der Waals surface area contributed by atoms with Gasteiger partial charge in [-0.3, -0.25) is 4.79 Å². The van der Waals surface area contributed by atoms with Gasteiger partial charge >= 0.3 is 0 Å². The molecule has 0 aromatic rings. The molecule has 13 heavy (non-hydrogen) atoms. The van der Waals surface area contributed by atoms with Gasteiger partial charge in [-0.1, -0.05) is 0 Å². The first-order valence-corrected chi connectivity index (χ1v) is 4.67. The Kier molecular flexibility index (Phi) is 3.47. The lowest BCUT2D eigenvalue weighted by Gasteiger charge is -2.17. The maximum absolute atomic E-state index is 12.2. The number of rotatable bonds is 2. The van der Waals surface area contributed by atoms with Crippen molar-refractivity contribution in [2.24, 2.45) is 5.92 Å². The first-order valence-electron chi connectivity index (χ1n) is 4.23. The normalized spacial score (nSPS) is 25.3. The van der Waals surface area contributed by atoms with Crippen molar-refractivity contribution in [3.05, 3.63) is 0 Å². The molecule has 0 bridgehead atoms. The van der Waals surface area contributed by atoms with Crippen molar-refractivity contribution in [3.8, 4) is 0 Å². The van der Waals surface area contributed by atoms with Crippen LogP contribution in [0, 0.1) is 5.92 Å². The van der Waals surface area contributed by atoms with Crippen LogP contribution in [-0.4, -0.2) is 35.7 Å². The second kappa shape index (κ2) is 4.22. The van der Waals surface area contributed by atoms with Gasteiger partial charge in [0.25, 0.3) is 0 Å². The van der Waals surface area contributed by atoms with Crippen molar-refractivity contribution in [1.82, 2.24) is 4.90 Å². The molecule has 0 spiro atoms. The molecule has 2 atom stereocenters. The van der Waals surface area contributed by atoms with Crippen LogP contribution in [0.4, 0.5) is 8.78 Å². The maximum Gasteiger partial charge on any atom is 0.243 e. The quantitative estimate of drug-likeness (QED) is 0.637. The zero-order valence-corrected chi connectivity index (χ0v) is 8.10. The molecule has 1 amide bonds. The lowest BCUT2D eigenvalue weighted by molar-refractivity contribution is -0.129. The fraction of sp³-hybridized carbons (Fsp3) is 0.875.